The summed E-state index contributed by atoms with van der Waals surface area (Å²) in [6, 6.07) is 11.8. The highest BCUT2D eigenvalue weighted by Crippen LogP contribution is 2.26. The number of fused-ring (bicyclic) bond motifs is 1. The van der Waals surface area contributed by atoms with Crippen molar-refractivity contribution in [1.29, 1.82) is 0 Å². The molecule has 57 heavy (non-hydrogen) atoms. The fraction of sp³-hybridized carbons (Fsp3) is 0.575. The van der Waals surface area contributed by atoms with E-state index in [0.717, 1.165) is 61.3 Å². The third-order valence-corrected chi connectivity index (χ3v) is 10.3. The lowest BCUT2D eigenvalue weighted by atomic mass is 9.93. The maximum atomic E-state index is 12.5. The molecule has 3 aromatic rings. The van der Waals surface area contributed by atoms with Crippen LogP contribution in [-0.2, 0) is 17.6 Å². The number of amides is 2. The molecule has 0 radical (unpaired) electrons. The van der Waals surface area contributed by atoms with E-state index in [2.05, 4.69) is 56.8 Å². The number of aryl methyl sites for hydroxylation is 3. The highest BCUT2D eigenvalue weighted by atomic mass is 35.5. The summed E-state index contributed by atoms with van der Waals surface area (Å²) >= 11 is 5.98. The highest BCUT2D eigenvalue weighted by Gasteiger charge is 2.31. The predicted octanol–water partition coefficient (Wildman–Crippen LogP) is 1.33. The number of unbranched alkanes of at least 4 members (excludes halogenated alkanes) is 4. The smallest absolute Gasteiger partial charge is 0.280 e. The molecule has 1 aromatic heterocycles. The Morgan fingerprint density at radius 1 is 0.877 bits per heavy atom. The molecule has 0 fully saturated rings. The van der Waals surface area contributed by atoms with E-state index in [1.807, 2.05) is 17.0 Å². The second-order valence-electron chi connectivity index (χ2n) is 14.4. The first-order valence-corrected chi connectivity index (χ1v) is 20.1. The molecule has 0 saturated heterocycles. The summed E-state index contributed by atoms with van der Waals surface area (Å²) in [7, 11) is 0. The molecule has 0 aliphatic carbocycles. The minimum Gasteiger partial charge on any atom is -0.394 e. The maximum Gasteiger partial charge on any atom is 0.280 e. The van der Waals surface area contributed by atoms with Crippen LogP contribution in [0.1, 0.15) is 85.6 Å². The van der Waals surface area contributed by atoms with Crippen LogP contribution in [-0.4, -0.2) is 128 Å². The Morgan fingerprint density at radius 2 is 1.53 bits per heavy atom. The van der Waals surface area contributed by atoms with E-state index in [0.29, 0.717) is 51.1 Å². The van der Waals surface area contributed by atoms with Crippen LogP contribution in [0.25, 0.3) is 10.8 Å². The standard InChI is InChI=1S/C40H62ClN9O7/c1-3-4-5-10-21-50(23-31(52)34(54)35(55)32(53)24-51)22-11-20-45-30(38(43)56)18-17-27-16-15-26(28-13-6-7-14-29(27)28)12-8-9-19-46-40(44)49-39(57)33-37(42)47-25(2)36(41)48-33/h6-7,13-16,30-32,34-35,45,51-55H,3-5,8-12,17-24H2,1-2H3,(H2,42,47)(H2,43,56)(H3,44,46,49,57)/t30-,31-,32+,34+,35+/m0/s1. The zero-order valence-corrected chi connectivity index (χ0v) is 33.9. The summed E-state index contributed by atoms with van der Waals surface area (Å²) in [4.78, 5) is 39.2. The molecular formula is C40H62ClN9O7. The monoisotopic (exact) mass is 815 g/mol. The van der Waals surface area contributed by atoms with Gasteiger partial charge in [-0.2, -0.15) is 0 Å². The predicted molar refractivity (Wildman–Crippen MR) is 223 cm³/mol. The maximum absolute atomic E-state index is 12.5. The number of rotatable bonds is 26. The second kappa shape index (κ2) is 24.7. The molecule has 5 atom stereocenters. The lowest BCUT2D eigenvalue weighted by molar-refractivity contribution is -0.120. The highest BCUT2D eigenvalue weighted by molar-refractivity contribution is 6.30. The molecule has 0 unspecified atom stereocenters. The molecule has 17 heteroatoms. The van der Waals surface area contributed by atoms with Crippen LogP contribution >= 0.6 is 11.6 Å². The summed E-state index contributed by atoms with van der Waals surface area (Å²) in [5.74, 6) is -1.19. The van der Waals surface area contributed by atoms with Crippen LogP contribution in [0, 0.1) is 6.92 Å². The van der Waals surface area contributed by atoms with Gasteiger partial charge in [0.15, 0.2) is 22.6 Å². The Morgan fingerprint density at radius 3 is 2.18 bits per heavy atom. The number of guanidine groups is 1. The quantitative estimate of drug-likeness (QED) is 0.0312. The summed E-state index contributed by atoms with van der Waals surface area (Å²) in [5.41, 5.74) is 20.1. The number of nitrogens with two attached hydrogens (primary N) is 3. The molecule has 13 N–H and O–H groups in total. The summed E-state index contributed by atoms with van der Waals surface area (Å²) in [6.45, 7) is 5.22. The van der Waals surface area contributed by atoms with Gasteiger partial charge in [0.25, 0.3) is 5.91 Å². The summed E-state index contributed by atoms with van der Waals surface area (Å²) in [5, 5.41) is 57.9. The van der Waals surface area contributed by atoms with Crippen LogP contribution in [0.5, 0.6) is 0 Å². The molecule has 2 amide bonds. The average Bonchev–Trinajstić information content (AvgIpc) is 3.19. The number of aliphatic hydroxyl groups excluding tert-OH is 5. The normalized spacial score (nSPS) is 14.7. The lowest BCUT2D eigenvalue weighted by Gasteiger charge is -2.30. The number of primary amides is 1. The number of aliphatic hydroxyl groups is 5. The van der Waals surface area contributed by atoms with Crippen LogP contribution in [0.15, 0.2) is 41.4 Å². The van der Waals surface area contributed by atoms with Crippen molar-refractivity contribution in [2.75, 3.05) is 45.1 Å². The number of aromatic nitrogens is 2. The number of hydrogen-bond donors (Lipinski definition) is 10. The molecule has 1 heterocycles. The van der Waals surface area contributed by atoms with Gasteiger partial charge < -0.3 is 53.0 Å². The van der Waals surface area contributed by atoms with E-state index in [1.54, 1.807) is 6.92 Å². The van der Waals surface area contributed by atoms with Gasteiger partial charge in [0.1, 0.15) is 18.3 Å². The van der Waals surface area contributed by atoms with E-state index >= 15 is 0 Å². The Kier molecular flexibility index (Phi) is 20.5. The van der Waals surface area contributed by atoms with Crippen molar-refractivity contribution in [3.63, 3.8) is 0 Å². The van der Waals surface area contributed by atoms with Crippen molar-refractivity contribution in [2.45, 2.75) is 109 Å². The number of nitrogens with zero attached hydrogens (tertiary/aromatic N) is 4. The number of anilines is 1. The van der Waals surface area contributed by atoms with E-state index in [-0.39, 0.29) is 29.2 Å². The van der Waals surface area contributed by atoms with Gasteiger partial charge >= 0.3 is 0 Å². The topological polar surface area (TPSA) is 279 Å². The molecule has 3 rings (SSSR count). The van der Waals surface area contributed by atoms with Gasteiger partial charge in [-0.15, -0.1) is 0 Å². The summed E-state index contributed by atoms with van der Waals surface area (Å²) in [6.07, 6.45) is 2.01. The van der Waals surface area contributed by atoms with Crippen LogP contribution < -0.4 is 27.8 Å². The Bertz CT molecular complexity index is 1750. The number of nitrogens with one attached hydrogen (secondary N) is 2. The van der Waals surface area contributed by atoms with Gasteiger partial charge in [0, 0.05) is 13.1 Å². The van der Waals surface area contributed by atoms with Gasteiger partial charge in [-0.25, -0.2) is 9.97 Å². The third-order valence-electron chi connectivity index (χ3n) is 9.92. The first-order chi connectivity index (χ1) is 27.3. The number of halogens is 1. The fourth-order valence-corrected chi connectivity index (χ4v) is 6.73. The van der Waals surface area contributed by atoms with Crippen molar-refractivity contribution in [1.82, 2.24) is 25.5 Å². The SMILES string of the molecule is CCCCCCN(CCCN[C@@H](CCc1ccc(CCCCN=C(N)NC(=O)c2nc(Cl)c(C)nc2N)c2ccccc12)C(N)=O)C[C@H](O)[C@@H](O)[C@H](O)[C@H](O)CO. The number of benzene rings is 2. The molecule has 0 spiro atoms. The Labute approximate surface area is 339 Å². The number of nitrogen functional groups attached to an aromatic ring is 1. The molecule has 16 nitrogen and oxygen atoms in total. The largest absolute Gasteiger partial charge is 0.394 e. The summed E-state index contributed by atoms with van der Waals surface area (Å²) < 4.78 is 0. The number of aliphatic imine (C=N–C) groups is 1. The first-order valence-electron chi connectivity index (χ1n) is 19.8. The van der Waals surface area contributed by atoms with Crippen molar-refractivity contribution >= 4 is 46.0 Å². The van der Waals surface area contributed by atoms with Gasteiger partial charge in [-0.05, 0) is 93.4 Å². The number of carbonyl (C=O) groups is 2. The minimum atomic E-state index is -1.68. The van der Waals surface area contributed by atoms with Gasteiger partial charge in [-0.1, -0.05) is 74.2 Å². The van der Waals surface area contributed by atoms with Crippen molar-refractivity contribution in [2.24, 2.45) is 16.5 Å². The zero-order chi connectivity index (χ0) is 41.9. The van der Waals surface area contributed by atoms with E-state index in [9.17, 15) is 30.0 Å². The molecule has 0 bridgehead atoms. The molecular weight excluding hydrogens is 754 g/mol. The van der Waals surface area contributed by atoms with E-state index < -0.39 is 48.9 Å². The van der Waals surface area contributed by atoms with Crippen molar-refractivity contribution < 1.29 is 35.1 Å². The van der Waals surface area contributed by atoms with E-state index in [4.69, 9.17) is 33.9 Å². The third kappa shape index (κ3) is 15.4. The Balaban J connectivity index is 1.51. The molecule has 0 aliphatic rings. The van der Waals surface area contributed by atoms with Crippen molar-refractivity contribution in [3.8, 4) is 0 Å². The van der Waals surface area contributed by atoms with Crippen molar-refractivity contribution in [3.05, 3.63) is 64.1 Å². The van der Waals surface area contributed by atoms with Gasteiger partial charge in [0.05, 0.1) is 24.4 Å². The molecule has 2 aromatic carbocycles. The minimum absolute atomic E-state index is 0.0526. The Hall–Kier alpha value is -4.00. The van der Waals surface area contributed by atoms with Crippen LogP contribution in [0.3, 0.4) is 0 Å². The average molecular weight is 816 g/mol. The zero-order valence-electron chi connectivity index (χ0n) is 33.1. The van der Waals surface area contributed by atoms with Crippen LogP contribution in [0.4, 0.5) is 5.82 Å². The second-order valence-corrected chi connectivity index (χ2v) is 14.8. The molecule has 0 aliphatic heterocycles. The number of carbonyl (C=O) groups excluding carboxylic acids is 2. The molecule has 0 saturated carbocycles. The lowest BCUT2D eigenvalue weighted by Crippen LogP contribution is -2.50. The van der Waals surface area contributed by atoms with Gasteiger partial charge in [-0.3, -0.25) is 19.9 Å². The first kappa shape index (κ1) is 47.4. The van der Waals surface area contributed by atoms with Crippen LogP contribution in [0.2, 0.25) is 5.15 Å². The van der Waals surface area contributed by atoms with Gasteiger partial charge in [0.2, 0.25) is 5.91 Å². The fourth-order valence-electron chi connectivity index (χ4n) is 6.60. The molecule has 316 valence electrons. The number of hydrogen-bond acceptors (Lipinski definition) is 13. The van der Waals surface area contributed by atoms with E-state index in [1.165, 1.54) is 5.56 Å².